The van der Waals surface area contributed by atoms with Crippen molar-refractivity contribution >= 4 is 17.5 Å². The number of ether oxygens (including phenoxy) is 1. The van der Waals surface area contributed by atoms with Crippen LogP contribution in [0.2, 0.25) is 0 Å². The van der Waals surface area contributed by atoms with Gasteiger partial charge in [0.25, 0.3) is 5.91 Å². The number of benzene rings is 1. The monoisotopic (exact) mass is 411 g/mol. The lowest BCUT2D eigenvalue weighted by Crippen LogP contribution is -2.28. The van der Waals surface area contributed by atoms with Crippen molar-refractivity contribution < 1.29 is 9.53 Å². The molecule has 0 radical (unpaired) electrons. The number of hydrogen-bond acceptors (Lipinski definition) is 7. The second-order valence-corrected chi connectivity index (χ2v) is 7.40. The van der Waals surface area contributed by atoms with E-state index in [4.69, 9.17) is 10.5 Å². The van der Waals surface area contributed by atoms with E-state index in [9.17, 15) is 4.79 Å². The fourth-order valence-corrected chi connectivity index (χ4v) is 3.07. The van der Waals surface area contributed by atoms with Crippen LogP contribution in [0.5, 0.6) is 5.75 Å². The predicted octanol–water partition coefficient (Wildman–Crippen LogP) is 2.51. The molecule has 0 saturated heterocycles. The molecule has 0 aliphatic rings. The molecule has 4 N–H and O–H groups in total. The second kappa shape index (κ2) is 9.53. The molecule has 9 nitrogen and oxygen atoms in total. The van der Waals surface area contributed by atoms with E-state index >= 15 is 0 Å². The Kier molecular flexibility index (Phi) is 6.83. The fourth-order valence-electron chi connectivity index (χ4n) is 3.07. The first-order valence-electron chi connectivity index (χ1n) is 10.1. The lowest BCUT2D eigenvalue weighted by molar-refractivity contribution is 0.0943. The summed E-state index contributed by atoms with van der Waals surface area (Å²) in [6, 6.07) is 7.69. The second-order valence-electron chi connectivity index (χ2n) is 7.40. The molecular weight excluding hydrogens is 382 g/mol. The Morgan fingerprint density at radius 2 is 2.07 bits per heavy atom. The van der Waals surface area contributed by atoms with E-state index < -0.39 is 0 Å². The number of methoxy groups -OCH3 is 1. The van der Waals surface area contributed by atoms with Crippen LogP contribution in [-0.2, 0) is 0 Å². The van der Waals surface area contributed by atoms with Crippen molar-refractivity contribution in [3.8, 4) is 5.75 Å². The Bertz CT molecular complexity index is 1020. The van der Waals surface area contributed by atoms with E-state index in [2.05, 4.69) is 39.5 Å². The molecule has 2 heterocycles. The number of nitrogens with zero attached hydrogens (tertiary/aromatic N) is 4. The highest BCUT2D eigenvalue weighted by Crippen LogP contribution is 2.25. The topological polar surface area (TPSA) is 119 Å². The number of fused-ring (bicyclic) bond motifs is 1. The number of hydrogen-bond donors (Lipinski definition) is 3. The van der Waals surface area contributed by atoms with Crippen LogP contribution in [0.1, 0.15) is 60.9 Å². The molecule has 30 heavy (non-hydrogen) atoms. The molecule has 0 aliphatic heterocycles. The Labute approximate surface area is 176 Å². The van der Waals surface area contributed by atoms with E-state index in [0.29, 0.717) is 31.1 Å². The number of aromatic nitrogens is 4. The van der Waals surface area contributed by atoms with Crippen molar-refractivity contribution in [3.05, 3.63) is 47.4 Å². The summed E-state index contributed by atoms with van der Waals surface area (Å²) in [6.45, 7) is 7.11. The minimum atomic E-state index is -0.334. The highest BCUT2D eigenvalue weighted by atomic mass is 16.5. The third kappa shape index (κ3) is 4.68. The van der Waals surface area contributed by atoms with Crippen molar-refractivity contribution in [3.63, 3.8) is 0 Å². The van der Waals surface area contributed by atoms with Crippen LogP contribution >= 0.6 is 0 Å². The Morgan fingerprint density at radius 3 is 2.77 bits per heavy atom. The molecule has 1 atom stereocenters. The molecule has 0 fully saturated rings. The Balaban J connectivity index is 1.98. The zero-order valence-corrected chi connectivity index (χ0v) is 17.8. The third-order valence-corrected chi connectivity index (χ3v) is 4.83. The number of nitrogens with two attached hydrogens (primary N) is 1. The van der Waals surface area contributed by atoms with Gasteiger partial charge in [-0.1, -0.05) is 26.0 Å². The van der Waals surface area contributed by atoms with E-state index in [-0.39, 0.29) is 23.7 Å². The fraction of sp³-hybridized carbons (Fsp3) is 0.429. The van der Waals surface area contributed by atoms with Crippen LogP contribution in [0.4, 0.5) is 5.95 Å². The van der Waals surface area contributed by atoms with Crippen molar-refractivity contribution in [2.75, 3.05) is 25.5 Å². The molecule has 0 unspecified atom stereocenters. The molecule has 0 spiro atoms. The maximum Gasteiger partial charge on any atom is 0.289 e. The lowest BCUT2D eigenvalue weighted by Gasteiger charge is -2.17. The minimum absolute atomic E-state index is 0.0990. The smallest absolute Gasteiger partial charge is 0.289 e. The van der Waals surface area contributed by atoms with E-state index in [1.807, 2.05) is 31.2 Å². The number of nitrogens with one attached hydrogen (secondary N) is 2. The molecule has 3 aromatic rings. The molecule has 0 aliphatic carbocycles. The van der Waals surface area contributed by atoms with Crippen molar-refractivity contribution in [1.29, 1.82) is 0 Å². The van der Waals surface area contributed by atoms with Crippen LogP contribution in [0, 0.1) is 0 Å². The Morgan fingerprint density at radius 1 is 1.27 bits per heavy atom. The summed E-state index contributed by atoms with van der Waals surface area (Å²) in [4.78, 5) is 21.6. The summed E-state index contributed by atoms with van der Waals surface area (Å²) in [5.74, 6) is 1.19. The molecule has 0 bridgehead atoms. The maximum absolute atomic E-state index is 12.6. The standard InChI is InChI=1S/C21H29N7O2/c1-13(2)17-12-24-28-19(17)26-18(20(29)23-10-6-9-22)27-21(28)25-14(3)15-7-5-8-16(11-15)30-4/h5,7-8,11-14H,6,9-10,22H2,1-4H3,(H,23,29)(H,25,26,27)/t14-/m0/s1. The summed E-state index contributed by atoms with van der Waals surface area (Å²) in [5.41, 5.74) is 8.09. The number of amides is 1. The highest BCUT2D eigenvalue weighted by molar-refractivity contribution is 5.91. The third-order valence-electron chi connectivity index (χ3n) is 4.83. The SMILES string of the molecule is COc1cccc([C@H](C)Nc2nc(C(=O)NCCCN)nc3c(C(C)C)cnn23)c1. The largest absolute Gasteiger partial charge is 0.497 e. The predicted molar refractivity (Wildman–Crippen MR) is 116 cm³/mol. The van der Waals surface area contributed by atoms with Crippen LogP contribution in [0.3, 0.4) is 0 Å². The van der Waals surface area contributed by atoms with Crippen molar-refractivity contribution in [1.82, 2.24) is 24.9 Å². The van der Waals surface area contributed by atoms with Gasteiger partial charge in [-0.2, -0.15) is 14.6 Å². The van der Waals surface area contributed by atoms with Gasteiger partial charge in [-0.15, -0.1) is 0 Å². The molecule has 2 aromatic heterocycles. The van der Waals surface area contributed by atoms with Crippen molar-refractivity contribution in [2.24, 2.45) is 5.73 Å². The number of carbonyl (C=O) groups is 1. The van der Waals surface area contributed by atoms with Gasteiger partial charge in [0.2, 0.25) is 11.8 Å². The van der Waals surface area contributed by atoms with Crippen LogP contribution < -0.4 is 21.1 Å². The molecule has 0 saturated carbocycles. The first kappa shape index (κ1) is 21.5. The zero-order chi connectivity index (χ0) is 21.7. The lowest BCUT2D eigenvalue weighted by atomic mass is 10.1. The zero-order valence-electron chi connectivity index (χ0n) is 17.8. The summed E-state index contributed by atoms with van der Waals surface area (Å²) in [7, 11) is 1.64. The van der Waals surface area contributed by atoms with Crippen LogP contribution in [-0.4, -0.2) is 45.7 Å². The van der Waals surface area contributed by atoms with Gasteiger partial charge in [-0.3, -0.25) is 4.79 Å². The quantitative estimate of drug-likeness (QED) is 0.463. The normalized spacial score (nSPS) is 12.2. The van der Waals surface area contributed by atoms with Gasteiger partial charge in [0, 0.05) is 12.1 Å². The van der Waals surface area contributed by atoms with Crippen LogP contribution in [0.25, 0.3) is 5.65 Å². The average molecular weight is 412 g/mol. The highest BCUT2D eigenvalue weighted by Gasteiger charge is 2.20. The van der Waals surface area contributed by atoms with E-state index in [1.54, 1.807) is 17.8 Å². The molecular formula is C21H29N7O2. The summed E-state index contributed by atoms with van der Waals surface area (Å²) < 4.78 is 6.96. The Hall–Kier alpha value is -3.20. The van der Waals surface area contributed by atoms with Crippen molar-refractivity contribution in [2.45, 2.75) is 39.2 Å². The summed E-state index contributed by atoms with van der Waals surface area (Å²) >= 11 is 0. The summed E-state index contributed by atoms with van der Waals surface area (Å²) in [5, 5.41) is 10.6. The molecule has 160 valence electrons. The van der Waals surface area contributed by atoms with Gasteiger partial charge in [0.1, 0.15) is 5.75 Å². The van der Waals surface area contributed by atoms with Gasteiger partial charge >= 0.3 is 0 Å². The first-order valence-corrected chi connectivity index (χ1v) is 10.1. The molecule has 9 heteroatoms. The average Bonchev–Trinajstić information content (AvgIpc) is 3.18. The van der Waals surface area contributed by atoms with E-state index in [1.165, 1.54) is 0 Å². The van der Waals surface area contributed by atoms with Gasteiger partial charge in [0.05, 0.1) is 19.3 Å². The van der Waals surface area contributed by atoms with Gasteiger partial charge < -0.3 is 21.1 Å². The minimum Gasteiger partial charge on any atom is -0.497 e. The maximum atomic E-state index is 12.6. The number of rotatable bonds is 9. The molecule has 1 amide bonds. The molecule has 3 rings (SSSR count). The number of carbonyl (C=O) groups excluding carboxylic acids is 1. The van der Waals surface area contributed by atoms with E-state index in [0.717, 1.165) is 16.9 Å². The number of anilines is 1. The van der Waals surface area contributed by atoms with Gasteiger partial charge in [-0.05, 0) is 43.5 Å². The van der Waals surface area contributed by atoms with Crippen LogP contribution in [0.15, 0.2) is 30.5 Å². The van der Waals surface area contributed by atoms with Gasteiger partial charge in [-0.25, -0.2) is 4.98 Å². The van der Waals surface area contributed by atoms with Gasteiger partial charge in [0.15, 0.2) is 5.65 Å². The summed E-state index contributed by atoms with van der Waals surface area (Å²) in [6.07, 6.45) is 2.46. The molecule has 1 aromatic carbocycles. The first-order chi connectivity index (χ1) is 14.4.